The van der Waals surface area contributed by atoms with Crippen LogP contribution in [0.5, 0.6) is 0 Å². The Morgan fingerprint density at radius 1 is 1.50 bits per heavy atom. The molecule has 0 fully saturated rings. The number of nitrogens with zero attached hydrogens (tertiary/aromatic N) is 2. The molecule has 1 N–H and O–H groups in total. The fraction of sp³-hybridized carbons (Fsp3) is 0.143. The molecule has 1 atom stereocenters. The first-order chi connectivity index (χ1) is 9.70. The number of ether oxygens (including phenoxy) is 1. The van der Waals surface area contributed by atoms with Crippen molar-refractivity contribution in [3.05, 3.63) is 53.1 Å². The molecule has 0 spiro atoms. The highest BCUT2D eigenvalue weighted by Crippen LogP contribution is 2.27. The van der Waals surface area contributed by atoms with Crippen LogP contribution in [0.15, 0.2) is 30.6 Å². The van der Waals surface area contributed by atoms with Crippen molar-refractivity contribution in [3.63, 3.8) is 0 Å². The molecule has 1 aromatic carbocycles. The van der Waals surface area contributed by atoms with Crippen LogP contribution in [0.2, 0.25) is 0 Å². The molecular weight excluding hydrogens is 258 g/mol. The van der Waals surface area contributed by atoms with Gasteiger partial charge < -0.3 is 9.72 Å². The van der Waals surface area contributed by atoms with Gasteiger partial charge in [0.25, 0.3) is 0 Å². The summed E-state index contributed by atoms with van der Waals surface area (Å²) in [4.78, 5) is 30.3. The van der Waals surface area contributed by atoms with Crippen molar-refractivity contribution < 1.29 is 14.3 Å². The van der Waals surface area contributed by atoms with E-state index in [9.17, 15) is 9.59 Å². The van der Waals surface area contributed by atoms with Gasteiger partial charge >= 0.3 is 5.97 Å². The van der Waals surface area contributed by atoms with Gasteiger partial charge in [-0.3, -0.25) is 4.79 Å². The van der Waals surface area contributed by atoms with Gasteiger partial charge in [-0.15, -0.1) is 0 Å². The third-order valence-electron chi connectivity index (χ3n) is 3.18. The Hall–Kier alpha value is -2.94. The van der Waals surface area contributed by atoms with Gasteiger partial charge in [0, 0.05) is 24.4 Å². The van der Waals surface area contributed by atoms with Gasteiger partial charge in [-0.1, -0.05) is 12.1 Å². The first-order valence-corrected chi connectivity index (χ1v) is 5.97. The Balaban J connectivity index is 1.84. The lowest BCUT2D eigenvalue weighted by molar-refractivity contribution is 0.0293. The number of ketones is 1. The normalized spacial score (nSPS) is 16.6. The first-order valence-electron chi connectivity index (χ1n) is 5.97. The van der Waals surface area contributed by atoms with Crippen LogP contribution >= 0.6 is 0 Å². The summed E-state index contributed by atoms with van der Waals surface area (Å²) in [6.07, 6.45) is 2.26. The van der Waals surface area contributed by atoms with E-state index >= 15 is 0 Å². The lowest BCUT2D eigenvalue weighted by atomic mass is 10.0. The zero-order valence-electron chi connectivity index (χ0n) is 10.3. The van der Waals surface area contributed by atoms with E-state index in [1.807, 2.05) is 6.07 Å². The number of Topliss-reactive ketones (excluding diaryl/α,β-unsaturated/α-hetero) is 1. The number of imidazole rings is 1. The van der Waals surface area contributed by atoms with Gasteiger partial charge in [-0.25, -0.2) is 9.78 Å². The van der Waals surface area contributed by atoms with E-state index < -0.39 is 12.1 Å². The molecule has 1 aromatic heterocycles. The van der Waals surface area contributed by atoms with Crippen LogP contribution in [-0.4, -0.2) is 27.8 Å². The quantitative estimate of drug-likeness (QED) is 0.826. The third kappa shape index (κ3) is 1.86. The van der Waals surface area contributed by atoms with Crippen molar-refractivity contribution in [2.24, 2.45) is 0 Å². The second kappa shape index (κ2) is 4.63. The number of aromatic amines is 1. The number of carbonyl (C=O) groups excluding carboxylic acids is 2. The Morgan fingerprint density at radius 3 is 3.05 bits per heavy atom. The smallest absolute Gasteiger partial charge is 0.375 e. The molecule has 2 aromatic rings. The Labute approximate surface area is 114 Å². The topological polar surface area (TPSA) is 95.8 Å². The highest BCUT2D eigenvalue weighted by atomic mass is 16.5. The first kappa shape index (κ1) is 12.1. The van der Waals surface area contributed by atoms with Gasteiger partial charge in [0.05, 0.1) is 11.6 Å². The van der Waals surface area contributed by atoms with Gasteiger partial charge in [0.15, 0.2) is 6.10 Å². The summed E-state index contributed by atoms with van der Waals surface area (Å²) in [5.74, 6) is -0.911. The van der Waals surface area contributed by atoms with Crippen molar-refractivity contribution in [2.45, 2.75) is 12.5 Å². The fourth-order valence-corrected chi connectivity index (χ4v) is 2.25. The summed E-state index contributed by atoms with van der Waals surface area (Å²) in [7, 11) is 0. The number of hydrogen-bond acceptors (Lipinski definition) is 5. The predicted octanol–water partition coefficient (Wildman–Crippen LogP) is 1.25. The SMILES string of the molecule is N#Cc1cccc2c1CC(OC(=O)c1ncc[nH]1)C2=O. The average Bonchev–Trinajstić information content (AvgIpc) is 3.08. The van der Waals surface area contributed by atoms with Gasteiger partial charge in [0.2, 0.25) is 11.6 Å². The number of nitriles is 1. The lowest BCUT2D eigenvalue weighted by Crippen LogP contribution is -2.24. The average molecular weight is 267 g/mol. The maximum absolute atomic E-state index is 12.2. The van der Waals surface area contributed by atoms with Crippen LogP contribution < -0.4 is 0 Å². The van der Waals surface area contributed by atoms with E-state index in [-0.39, 0.29) is 18.0 Å². The molecule has 0 radical (unpaired) electrons. The fourth-order valence-electron chi connectivity index (χ4n) is 2.25. The third-order valence-corrected chi connectivity index (χ3v) is 3.18. The maximum Gasteiger partial charge on any atom is 0.375 e. The minimum absolute atomic E-state index is 0.0502. The van der Waals surface area contributed by atoms with E-state index in [1.165, 1.54) is 12.4 Å². The molecule has 0 saturated carbocycles. The molecule has 1 unspecified atom stereocenters. The molecule has 0 saturated heterocycles. The van der Waals surface area contributed by atoms with Crippen molar-refractivity contribution in [1.82, 2.24) is 9.97 Å². The van der Waals surface area contributed by atoms with Crippen LogP contribution in [0.4, 0.5) is 0 Å². The molecule has 98 valence electrons. The molecule has 1 heterocycles. The predicted molar refractivity (Wildman–Crippen MR) is 67.0 cm³/mol. The summed E-state index contributed by atoms with van der Waals surface area (Å²) < 4.78 is 5.16. The molecular formula is C14H9N3O3. The van der Waals surface area contributed by atoms with Crippen LogP contribution in [0.25, 0.3) is 0 Å². The highest BCUT2D eigenvalue weighted by molar-refractivity contribution is 6.05. The van der Waals surface area contributed by atoms with Gasteiger partial charge in [-0.2, -0.15) is 5.26 Å². The molecule has 1 aliphatic rings. The molecule has 0 amide bonds. The van der Waals surface area contributed by atoms with Gasteiger partial charge in [0.1, 0.15) is 0 Å². The zero-order chi connectivity index (χ0) is 14.1. The molecule has 3 rings (SSSR count). The van der Waals surface area contributed by atoms with Crippen LogP contribution in [-0.2, 0) is 11.2 Å². The zero-order valence-corrected chi connectivity index (χ0v) is 10.3. The number of fused-ring (bicyclic) bond motifs is 1. The minimum Gasteiger partial charge on any atom is -0.448 e. The largest absolute Gasteiger partial charge is 0.448 e. The molecule has 6 heteroatoms. The van der Waals surface area contributed by atoms with Crippen molar-refractivity contribution in [2.75, 3.05) is 0 Å². The van der Waals surface area contributed by atoms with E-state index in [1.54, 1.807) is 18.2 Å². The van der Waals surface area contributed by atoms with Crippen LogP contribution in [0, 0.1) is 11.3 Å². The number of carbonyl (C=O) groups is 2. The number of H-pyrrole nitrogens is 1. The number of nitrogens with one attached hydrogen (secondary N) is 1. The second-order valence-electron chi connectivity index (χ2n) is 4.34. The molecule has 6 nitrogen and oxygen atoms in total. The van der Waals surface area contributed by atoms with Crippen LogP contribution in [0.1, 0.15) is 32.1 Å². The monoisotopic (exact) mass is 267 g/mol. The second-order valence-corrected chi connectivity index (χ2v) is 4.34. The number of benzene rings is 1. The van der Waals surface area contributed by atoms with E-state index in [2.05, 4.69) is 9.97 Å². The van der Waals surface area contributed by atoms with E-state index in [0.29, 0.717) is 16.7 Å². The summed E-state index contributed by atoms with van der Waals surface area (Å²) >= 11 is 0. The summed E-state index contributed by atoms with van der Waals surface area (Å²) in [6, 6.07) is 6.96. The van der Waals surface area contributed by atoms with Crippen molar-refractivity contribution >= 4 is 11.8 Å². The summed E-state index contributed by atoms with van der Waals surface area (Å²) in [5.41, 5.74) is 1.52. The number of aromatic nitrogens is 2. The summed E-state index contributed by atoms with van der Waals surface area (Å²) in [5, 5.41) is 9.02. The maximum atomic E-state index is 12.2. The molecule has 0 aliphatic heterocycles. The van der Waals surface area contributed by atoms with Crippen molar-refractivity contribution in [1.29, 1.82) is 5.26 Å². The Morgan fingerprint density at radius 2 is 2.35 bits per heavy atom. The van der Waals surface area contributed by atoms with E-state index in [4.69, 9.17) is 10.00 Å². The number of hydrogen-bond donors (Lipinski definition) is 1. The number of esters is 1. The molecule has 0 bridgehead atoms. The van der Waals surface area contributed by atoms with Gasteiger partial charge in [-0.05, 0) is 11.6 Å². The standard InChI is InChI=1S/C14H9N3O3/c15-7-8-2-1-3-9-10(8)6-11(12(9)18)20-14(19)13-16-4-5-17-13/h1-5,11H,6H2,(H,16,17). The van der Waals surface area contributed by atoms with E-state index in [0.717, 1.165) is 0 Å². The highest BCUT2D eigenvalue weighted by Gasteiger charge is 2.35. The molecule has 1 aliphatic carbocycles. The van der Waals surface area contributed by atoms with Crippen molar-refractivity contribution in [3.8, 4) is 6.07 Å². The molecule has 20 heavy (non-hydrogen) atoms. The Bertz CT molecular complexity index is 729. The summed E-state index contributed by atoms with van der Waals surface area (Å²) in [6.45, 7) is 0. The van der Waals surface area contributed by atoms with Crippen LogP contribution in [0.3, 0.4) is 0 Å². The number of rotatable bonds is 2. The lowest BCUT2D eigenvalue weighted by Gasteiger charge is -2.08. The minimum atomic E-state index is -0.892. The Kier molecular flexibility index (Phi) is 2.80.